The van der Waals surface area contributed by atoms with E-state index in [0.29, 0.717) is 51.5 Å². The summed E-state index contributed by atoms with van der Waals surface area (Å²) in [6, 6.07) is 7.23. The summed E-state index contributed by atoms with van der Waals surface area (Å²) in [5, 5.41) is 3.02. The van der Waals surface area contributed by atoms with E-state index in [0.717, 1.165) is 31.7 Å². The predicted molar refractivity (Wildman–Crippen MR) is 185 cm³/mol. The van der Waals surface area contributed by atoms with Gasteiger partial charge >= 0.3 is 11.9 Å². The molecule has 0 radical (unpaired) electrons. The summed E-state index contributed by atoms with van der Waals surface area (Å²) in [6.45, 7) is 5.65. The molecule has 2 aliphatic heterocycles. The van der Waals surface area contributed by atoms with E-state index < -0.39 is 35.2 Å². The van der Waals surface area contributed by atoms with E-state index in [1.165, 1.54) is 16.5 Å². The second-order valence-electron chi connectivity index (χ2n) is 13.7. The summed E-state index contributed by atoms with van der Waals surface area (Å²) in [5.74, 6) is -3.00. The van der Waals surface area contributed by atoms with Crippen molar-refractivity contribution < 1.29 is 27.8 Å². The number of esters is 2. The highest BCUT2D eigenvalue weighted by Gasteiger charge is 2.43. The molecule has 3 atom stereocenters. The average Bonchev–Trinajstić information content (AvgIpc) is 3.79. The number of likely N-dealkylation sites (tertiary alicyclic amines) is 1. The second-order valence-corrected chi connectivity index (χ2v) is 13.7. The molecule has 11 nitrogen and oxygen atoms in total. The van der Waals surface area contributed by atoms with Gasteiger partial charge in [-0.15, -0.1) is 0 Å². The smallest absolute Gasteiger partial charge is 0.343 e. The molecule has 1 aliphatic carbocycles. The number of nitrogens with zero attached hydrogens (tertiary/aromatic N) is 4. The Bertz CT molecular complexity index is 2080. The van der Waals surface area contributed by atoms with Gasteiger partial charge in [0.1, 0.15) is 24.8 Å². The van der Waals surface area contributed by atoms with Gasteiger partial charge in [-0.25, -0.2) is 13.6 Å². The van der Waals surface area contributed by atoms with Crippen LogP contribution in [0.3, 0.4) is 0 Å². The van der Waals surface area contributed by atoms with Crippen molar-refractivity contribution >= 4 is 28.8 Å². The van der Waals surface area contributed by atoms with Crippen molar-refractivity contribution in [3.8, 4) is 22.3 Å². The first-order valence-corrected chi connectivity index (χ1v) is 16.9. The first-order valence-electron chi connectivity index (χ1n) is 16.9. The molecular weight excluding hydrogens is 646 g/mol. The van der Waals surface area contributed by atoms with Gasteiger partial charge in [0.2, 0.25) is 0 Å². The minimum absolute atomic E-state index is 0.112. The van der Waals surface area contributed by atoms with Crippen molar-refractivity contribution in [2.75, 3.05) is 57.2 Å². The Labute approximate surface area is 288 Å². The van der Waals surface area contributed by atoms with Crippen LogP contribution in [0.4, 0.5) is 20.2 Å². The van der Waals surface area contributed by atoms with Crippen LogP contribution in [-0.4, -0.2) is 85.3 Å². The zero-order valence-electron chi connectivity index (χ0n) is 28.5. The lowest BCUT2D eigenvalue weighted by Crippen LogP contribution is -2.37. The number of nitrogens with one attached hydrogen (secondary N) is 1. The Morgan fingerprint density at radius 3 is 2.62 bits per heavy atom. The van der Waals surface area contributed by atoms with Gasteiger partial charge in [0, 0.05) is 91.1 Å². The fourth-order valence-electron chi connectivity index (χ4n) is 7.63. The minimum atomic E-state index is -0.939. The maximum Gasteiger partial charge on any atom is 0.343 e. The van der Waals surface area contributed by atoms with Gasteiger partial charge in [0.15, 0.2) is 11.6 Å². The fourth-order valence-corrected chi connectivity index (χ4v) is 7.63. The molecule has 1 aromatic carbocycles. The van der Waals surface area contributed by atoms with Crippen LogP contribution in [0, 0.1) is 23.5 Å². The number of halogens is 2. The Kier molecular flexibility index (Phi) is 8.81. The zero-order chi connectivity index (χ0) is 35.4. The van der Waals surface area contributed by atoms with Crippen molar-refractivity contribution in [2.24, 2.45) is 17.6 Å². The van der Waals surface area contributed by atoms with Crippen molar-refractivity contribution in [1.82, 2.24) is 14.3 Å². The molecule has 5 heterocycles. The fraction of sp³-hybridized carbons (Fsp3) is 0.405. The summed E-state index contributed by atoms with van der Waals surface area (Å²) in [5.41, 5.74) is 10.2. The van der Waals surface area contributed by atoms with Crippen LogP contribution in [0.15, 0.2) is 47.5 Å². The van der Waals surface area contributed by atoms with Crippen LogP contribution >= 0.6 is 0 Å². The van der Waals surface area contributed by atoms with Crippen LogP contribution in [0.5, 0.6) is 0 Å². The van der Waals surface area contributed by atoms with E-state index in [1.54, 1.807) is 45.4 Å². The van der Waals surface area contributed by atoms with Gasteiger partial charge in [0.25, 0.3) is 5.56 Å². The number of ether oxygens (including phenoxy) is 2. The molecule has 13 heteroatoms. The highest BCUT2D eigenvalue weighted by atomic mass is 19.2. The van der Waals surface area contributed by atoms with Crippen LogP contribution in [-0.2, 0) is 20.7 Å². The molecule has 3 N–H and O–H groups in total. The number of rotatable bonds is 9. The molecule has 0 unspecified atom stereocenters. The number of fused-ring (bicyclic) bond motifs is 5. The van der Waals surface area contributed by atoms with Crippen molar-refractivity contribution in [2.45, 2.75) is 38.8 Å². The average molecular weight is 687 g/mol. The number of carbonyl (C=O) groups excluding carboxylic acids is 2. The van der Waals surface area contributed by atoms with Crippen molar-refractivity contribution in [1.29, 1.82) is 0 Å². The van der Waals surface area contributed by atoms with Crippen molar-refractivity contribution in [3.63, 3.8) is 0 Å². The lowest BCUT2D eigenvalue weighted by atomic mass is 9.96. The third-order valence-corrected chi connectivity index (χ3v) is 10.3. The van der Waals surface area contributed by atoms with Gasteiger partial charge in [-0.2, -0.15) is 0 Å². The number of aromatic nitrogens is 2. The van der Waals surface area contributed by atoms with Gasteiger partial charge in [-0.05, 0) is 49.1 Å². The minimum Gasteiger partial charge on any atom is -0.461 e. The Morgan fingerprint density at radius 1 is 1.10 bits per heavy atom. The number of likely N-dealkylation sites (N-methyl/N-ethyl adjacent to an activating group) is 1. The van der Waals surface area contributed by atoms with E-state index in [4.69, 9.17) is 20.2 Å². The molecule has 0 spiro atoms. The highest BCUT2D eigenvalue weighted by Crippen LogP contribution is 2.52. The molecule has 3 aromatic heterocycles. The number of nitrogens with two attached hydrogens (primary N) is 1. The summed E-state index contributed by atoms with van der Waals surface area (Å²) >= 11 is 0. The van der Waals surface area contributed by atoms with E-state index >= 15 is 8.78 Å². The summed E-state index contributed by atoms with van der Waals surface area (Å²) in [6.07, 6.45) is 4.69. The number of pyridine rings is 3. The quantitative estimate of drug-likeness (QED) is 0.173. The van der Waals surface area contributed by atoms with Gasteiger partial charge in [-0.3, -0.25) is 19.0 Å². The predicted octanol–water partition coefficient (Wildman–Crippen LogP) is 4.08. The van der Waals surface area contributed by atoms with Crippen LogP contribution in [0.25, 0.3) is 27.8 Å². The zero-order valence-corrected chi connectivity index (χ0v) is 28.5. The number of carbonyl (C=O) groups is 2. The summed E-state index contributed by atoms with van der Waals surface area (Å²) < 4.78 is 42.6. The number of hydrogen-bond donors (Lipinski definition) is 2. The summed E-state index contributed by atoms with van der Waals surface area (Å²) in [7, 11) is 3.77. The van der Waals surface area contributed by atoms with Crippen LogP contribution < -0.4 is 21.5 Å². The maximum atomic E-state index is 15.9. The molecule has 2 saturated heterocycles. The van der Waals surface area contributed by atoms with E-state index in [1.807, 2.05) is 6.07 Å². The standard InChI is InChI=1S/C37H40F2N6O5/c1-19(2)33(40)37(48)50-12-11-49-36(47)23-8-7-22-6-5-20(17-45(22)35(23)46)25-15-42-28-13-24-27(41-3)14-26(38)32(39)30(24)31(28)34(25)44-10-9-21-16-43(4)18-29(21)44/h5-8,14-15,17,19,21,29,33,41H,9-13,16,18,40H2,1-4H3/t21-,29+,33-/m0/s1. The van der Waals surface area contributed by atoms with Crippen LogP contribution in [0.1, 0.15) is 41.9 Å². The third kappa shape index (κ3) is 5.67. The Hall–Kier alpha value is -4.88. The number of benzene rings is 1. The molecule has 0 amide bonds. The largest absolute Gasteiger partial charge is 0.461 e. The van der Waals surface area contributed by atoms with Crippen molar-refractivity contribution in [3.05, 3.63) is 81.5 Å². The number of anilines is 2. The van der Waals surface area contributed by atoms with E-state index in [2.05, 4.69) is 22.2 Å². The van der Waals surface area contributed by atoms with Gasteiger partial charge in [-0.1, -0.05) is 19.9 Å². The molecule has 2 fully saturated rings. The topological polar surface area (TPSA) is 132 Å². The molecule has 50 heavy (non-hydrogen) atoms. The molecule has 262 valence electrons. The molecule has 0 bridgehead atoms. The van der Waals surface area contributed by atoms with E-state index in [9.17, 15) is 14.4 Å². The molecular formula is C37H40F2N6O5. The molecule has 4 aromatic rings. The van der Waals surface area contributed by atoms with Crippen LogP contribution in [0.2, 0.25) is 0 Å². The first kappa shape index (κ1) is 33.6. The summed E-state index contributed by atoms with van der Waals surface area (Å²) in [4.78, 5) is 48.1. The maximum absolute atomic E-state index is 15.9. The lowest BCUT2D eigenvalue weighted by molar-refractivity contribution is -0.147. The third-order valence-electron chi connectivity index (χ3n) is 10.3. The molecule has 3 aliphatic rings. The Balaban J connectivity index is 1.28. The monoisotopic (exact) mass is 686 g/mol. The normalized spacial score (nSPS) is 18.7. The number of hydrogen-bond acceptors (Lipinski definition) is 10. The SMILES string of the molecule is CNc1cc(F)c(F)c2c1Cc1ncc(-c3ccc4ccc(C(=O)OCCOC(=O)[C@@H](N)C(C)C)c(=O)n4c3)c(N3CC[C@H]4CN(C)C[C@H]43)c1-2. The highest BCUT2D eigenvalue weighted by molar-refractivity contribution is 5.97. The van der Waals surface area contributed by atoms with Gasteiger partial charge in [0.05, 0.1) is 11.4 Å². The molecule has 7 rings (SSSR count). The van der Waals surface area contributed by atoms with Gasteiger partial charge < -0.3 is 30.3 Å². The van der Waals surface area contributed by atoms with E-state index in [-0.39, 0.29) is 36.3 Å². The second kappa shape index (κ2) is 13.1. The first-order chi connectivity index (χ1) is 24.0. The Morgan fingerprint density at radius 2 is 1.86 bits per heavy atom. The lowest BCUT2D eigenvalue weighted by Gasteiger charge is -2.31. The molecule has 0 saturated carbocycles.